The molecule has 4 rings (SSSR count). The van der Waals surface area contributed by atoms with E-state index in [4.69, 9.17) is 11.6 Å². The van der Waals surface area contributed by atoms with Crippen molar-refractivity contribution in [2.24, 2.45) is 16.7 Å². The van der Waals surface area contributed by atoms with Gasteiger partial charge in [0.05, 0.1) is 12.0 Å². The molecule has 1 aliphatic carbocycles. The van der Waals surface area contributed by atoms with Crippen LogP contribution in [0, 0.1) is 16.7 Å². The van der Waals surface area contributed by atoms with Crippen molar-refractivity contribution in [2.45, 2.75) is 111 Å². The van der Waals surface area contributed by atoms with Crippen molar-refractivity contribution in [1.29, 1.82) is 0 Å². The Bertz CT molecular complexity index is 1000. The van der Waals surface area contributed by atoms with Crippen LogP contribution in [-0.4, -0.2) is 70.3 Å². The minimum absolute atomic E-state index is 0. The molecule has 2 saturated heterocycles. The Morgan fingerprint density at radius 1 is 0.897 bits per heavy atom. The first kappa shape index (κ1) is 32.2. The van der Waals surface area contributed by atoms with Gasteiger partial charge in [-0.05, 0) is 76.0 Å². The van der Waals surface area contributed by atoms with Crippen LogP contribution in [0.1, 0.15) is 99.0 Å². The third-order valence-electron chi connectivity index (χ3n) is 9.33. The van der Waals surface area contributed by atoms with Gasteiger partial charge in [-0.3, -0.25) is 14.5 Å². The van der Waals surface area contributed by atoms with E-state index in [1.165, 1.54) is 5.56 Å². The molecule has 3 aliphatic rings. The van der Waals surface area contributed by atoms with E-state index in [1.54, 1.807) is 0 Å². The second-order valence-corrected chi connectivity index (χ2v) is 15.4. The second kappa shape index (κ2) is 11.9. The average molecular weight is 581 g/mol. The average Bonchev–Trinajstić information content (AvgIpc) is 3.48. The van der Waals surface area contributed by atoms with Crippen molar-refractivity contribution in [3.05, 3.63) is 34.9 Å². The highest BCUT2D eigenvalue weighted by molar-refractivity contribution is 6.30. The first-order chi connectivity index (χ1) is 17.6. The van der Waals surface area contributed by atoms with Gasteiger partial charge in [-0.2, -0.15) is 0 Å². The topological polar surface area (TPSA) is 43.9 Å². The van der Waals surface area contributed by atoms with Gasteiger partial charge in [0.15, 0.2) is 0 Å². The van der Waals surface area contributed by atoms with E-state index < -0.39 is 5.41 Å². The Hall–Kier alpha value is -1.30. The summed E-state index contributed by atoms with van der Waals surface area (Å²) in [5.74, 6) is 0.537. The molecule has 0 N–H and O–H groups in total. The van der Waals surface area contributed by atoms with E-state index >= 15 is 0 Å². The Morgan fingerprint density at radius 2 is 1.49 bits per heavy atom. The fourth-order valence-corrected chi connectivity index (χ4v) is 6.86. The number of hydrogen-bond donors (Lipinski definition) is 0. The Labute approximate surface area is 248 Å². The van der Waals surface area contributed by atoms with Gasteiger partial charge in [0, 0.05) is 54.1 Å². The number of benzene rings is 1. The molecular weight excluding hydrogens is 529 g/mol. The maximum atomic E-state index is 14.1. The van der Waals surface area contributed by atoms with Gasteiger partial charge in [-0.15, -0.1) is 12.4 Å². The van der Waals surface area contributed by atoms with Gasteiger partial charge in [0.1, 0.15) is 0 Å². The Kier molecular flexibility index (Phi) is 9.83. The van der Waals surface area contributed by atoms with Crippen molar-refractivity contribution in [3.63, 3.8) is 0 Å². The SMILES string of the molecule is CC1(C)CCC(N(C(=O)C(C)(C)C)[C@H]2CCN(C(=O)[C@@H]3CN(C(C)(C)C)C[C@H]3c3ccc(Cl)cc3)C2)CC1.Cl. The molecule has 1 aromatic rings. The largest absolute Gasteiger partial charge is 0.340 e. The molecule has 2 amide bonds. The standard InChI is InChI=1S/C32H50ClN3O2.ClH/c1-30(2,3)29(38)36(24-13-16-32(7,8)17-14-24)25-15-18-34(19-25)28(37)27-21-35(31(4,5)6)20-26(27)22-9-11-23(33)12-10-22;/h9-12,24-27H,13-21H2,1-8H3;1H/t25-,26-,27+;/m0./s1. The number of halogens is 2. The second-order valence-electron chi connectivity index (χ2n) is 14.9. The molecule has 2 aliphatic heterocycles. The summed E-state index contributed by atoms with van der Waals surface area (Å²) in [6.07, 6.45) is 5.28. The number of nitrogens with zero attached hydrogens (tertiary/aromatic N) is 3. The summed E-state index contributed by atoms with van der Waals surface area (Å²) in [7, 11) is 0. The number of carbonyl (C=O) groups is 2. The van der Waals surface area contributed by atoms with Gasteiger partial charge >= 0.3 is 0 Å². The summed E-state index contributed by atoms with van der Waals surface area (Å²) in [6.45, 7) is 20.5. The quantitative estimate of drug-likeness (QED) is 0.385. The highest BCUT2D eigenvalue weighted by atomic mass is 35.5. The molecule has 2 heterocycles. The Balaban J connectivity index is 0.00000420. The van der Waals surface area contributed by atoms with Gasteiger partial charge in [0.2, 0.25) is 11.8 Å². The number of amides is 2. The number of likely N-dealkylation sites (tertiary alicyclic amines) is 2. The van der Waals surface area contributed by atoms with Crippen LogP contribution in [-0.2, 0) is 9.59 Å². The normalized spacial score (nSPS) is 26.4. The molecule has 3 atom stereocenters. The van der Waals surface area contributed by atoms with Crippen LogP contribution in [0.4, 0.5) is 0 Å². The number of carbonyl (C=O) groups excluding carboxylic acids is 2. The highest BCUT2D eigenvalue weighted by Gasteiger charge is 2.47. The minimum Gasteiger partial charge on any atom is -0.340 e. The van der Waals surface area contributed by atoms with Gasteiger partial charge in [-0.25, -0.2) is 0 Å². The smallest absolute Gasteiger partial charge is 0.228 e. The maximum absolute atomic E-state index is 14.1. The number of hydrogen-bond acceptors (Lipinski definition) is 3. The zero-order chi connectivity index (χ0) is 28.0. The molecule has 0 spiro atoms. The van der Waals surface area contributed by atoms with E-state index in [0.717, 1.165) is 56.8 Å². The molecule has 1 aromatic carbocycles. The molecule has 39 heavy (non-hydrogen) atoms. The first-order valence-corrected chi connectivity index (χ1v) is 15.1. The van der Waals surface area contributed by atoms with Crippen LogP contribution in [0.3, 0.4) is 0 Å². The summed E-state index contributed by atoms with van der Waals surface area (Å²) in [5.41, 5.74) is 1.10. The van der Waals surface area contributed by atoms with Crippen molar-refractivity contribution >= 4 is 35.8 Å². The van der Waals surface area contributed by atoms with Crippen molar-refractivity contribution in [2.75, 3.05) is 26.2 Å². The molecule has 7 heteroatoms. The zero-order valence-electron chi connectivity index (χ0n) is 25.4. The van der Waals surface area contributed by atoms with Gasteiger partial charge in [0.25, 0.3) is 0 Å². The molecule has 3 fully saturated rings. The molecule has 220 valence electrons. The summed E-state index contributed by atoms with van der Waals surface area (Å²) in [5, 5.41) is 0.722. The fourth-order valence-electron chi connectivity index (χ4n) is 6.73. The Morgan fingerprint density at radius 3 is 2.03 bits per heavy atom. The van der Waals surface area contributed by atoms with Gasteiger partial charge < -0.3 is 9.80 Å². The first-order valence-electron chi connectivity index (χ1n) is 14.7. The lowest BCUT2D eigenvalue weighted by Crippen LogP contribution is -2.54. The van der Waals surface area contributed by atoms with E-state index in [-0.39, 0.29) is 53.7 Å². The molecular formula is C32H51Cl2N3O2. The van der Waals surface area contributed by atoms with Crippen LogP contribution < -0.4 is 0 Å². The van der Waals surface area contributed by atoms with Crippen LogP contribution in [0.5, 0.6) is 0 Å². The lowest BCUT2D eigenvalue weighted by molar-refractivity contribution is -0.147. The molecule has 0 bridgehead atoms. The predicted molar refractivity (Wildman–Crippen MR) is 164 cm³/mol. The van der Waals surface area contributed by atoms with Crippen LogP contribution in [0.25, 0.3) is 0 Å². The summed E-state index contributed by atoms with van der Waals surface area (Å²) < 4.78 is 0. The minimum atomic E-state index is -0.428. The van der Waals surface area contributed by atoms with Crippen molar-refractivity contribution in [3.8, 4) is 0 Å². The molecule has 0 radical (unpaired) electrons. The van der Waals surface area contributed by atoms with E-state index in [0.29, 0.717) is 12.0 Å². The van der Waals surface area contributed by atoms with E-state index in [9.17, 15) is 9.59 Å². The van der Waals surface area contributed by atoms with Crippen LogP contribution in [0.15, 0.2) is 24.3 Å². The summed E-state index contributed by atoms with van der Waals surface area (Å²) in [6, 6.07) is 8.42. The lowest BCUT2D eigenvalue weighted by Gasteiger charge is -2.45. The molecule has 5 nitrogen and oxygen atoms in total. The van der Waals surface area contributed by atoms with Gasteiger partial charge in [-0.1, -0.05) is 58.4 Å². The van der Waals surface area contributed by atoms with E-state index in [2.05, 4.69) is 61.5 Å². The van der Waals surface area contributed by atoms with E-state index in [1.807, 2.05) is 32.9 Å². The van der Waals surface area contributed by atoms with Crippen molar-refractivity contribution < 1.29 is 9.59 Å². The third kappa shape index (κ3) is 7.32. The van der Waals surface area contributed by atoms with Crippen LogP contribution in [0.2, 0.25) is 5.02 Å². The summed E-state index contributed by atoms with van der Waals surface area (Å²) in [4.78, 5) is 34.6. The molecule has 0 unspecified atom stereocenters. The fraction of sp³-hybridized carbons (Fsp3) is 0.750. The molecule has 0 aromatic heterocycles. The summed E-state index contributed by atoms with van der Waals surface area (Å²) >= 11 is 6.19. The monoisotopic (exact) mass is 579 g/mol. The zero-order valence-corrected chi connectivity index (χ0v) is 27.0. The third-order valence-corrected chi connectivity index (χ3v) is 9.58. The predicted octanol–water partition coefficient (Wildman–Crippen LogP) is 7.02. The van der Waals surface area contributed by atoms with Crippen molar-refractivity contribution in [1.82, 2.24) is 14.7 Å². The number of rotatable bonds is 4. The lowest BCUT2D eigenvalue weighted by atomic mass is 9.74. The molecule has 1 saturated carbocycles. The van der Waals surface area contributed by atoms with Crippen LogP contribution >= 0.6 is 24.0 Å². The highest BCUT2D eigenvalue weighted by Crippen LogP contribution is 2.41. The maximum Gasteiger partial charge on any atom is 0.228 e.